The highest BCUT2D eigenvalue weighted by atomic mass is 16.2. The van der Waals surface area contributed by atoms with Crippen molar-refractivity contribution < 1.29 is 9.59 Å². The fourth-order valence-electron chi connectivity index (χ4n) is 1.53. The molecule has 5 nitrogen and oxygen atoms in total. The molecular weight excluding hydrogens is 254 g/mol. The molecule has 0 atom stereocenters. The minimum atomic E-state index is -0.259. The Hall–Kier alpha value is -2.17. The third-order valence-electron chi connectivity index (χ3n) is 2.83. The number of carbonyl (C=O) groups excluding carboxylic acids is 2. The molecular formula is C15H21N3O2. The third-order valence-corrected chi connectivity index (χ3v) is 2.83. The van der Waals surface area contributed by atoms with E-state index in [1.165, 1.54) is 5.56 Å². The Morgan fingerprint density at radius 3 is 2.50 bits per heavy atom. The van der Waals surface area contributed by atoms with E-state index in [0.717, 1.165) is 17.7 Å². The number of benzene rings is 1. The molecule has 0 aliphatic carbocycles. The Morgan fingerprint density at radius 2 is 1.85 bits per heavy atom. The van der Waals surface area contributed by atoms with Gasteiger partial charge in [-0.05, 0) is 43.5 Å². The number of hydrogen-bond donors (Lipinski definition) is 2. The summed E-state index contributed by atoms with van der Waals surface area (Å²) in [7, 11) is 0. The van der Waals surface area contributed by atoms with E-state index < -0.39 is 0 Å². The molecule has 0 unspecified atom stereocenters. The number of rotatable bonds is 6. The van der Waals surface area contributed by atoms with Crippen molar-refractivity contribution in [2.24, 2.45) is 5.10 Å². The van der Waals surface area contributed by atoms with E-state index in [4.69, 9.17) is 0 Å². The van der Waals surface area contributed by atoms with Gasteiger partial charge in [0.1, 0.15) is 0 Å². The molecule has 1 aromatic rings. The highest BCUT2D eigenvalue weighted by Crippen LogP contribution is 2.14. The maximum atomic E-state index is 11.7. The average molecular weight is 275 g/mol. The van der Waals surface area contributed by atoms with Crippen molar-refractivity contribution in [2.45, 2.75) is 40.0 Å². The standard InChI is InChI=1S/C15H21N3O2/c1-4-9-16-18-15(20)8-7-14(19)17-13-6-5-11(2)12(3)10-13/h5-6,9-10H,4,7-8H2,1-3H3,(H,17,19)(H,18,20)/b16-9+. The molecule has 2 N–H and O–H groups in total. The van der Waals surface area contributed by atoms with Gasteiger partial charge in [0.2, 0.25) is 11.8 Å². The number of hydrogen-bond acceptors (Lipinski definition) is 3. The van der Waals surface area contributed by atoms with Crippen LogP contribution >= 0.6 is 0 Å². The summed E-state index contributed by atoms with van der Waals surface area (Å²) < 4.78 is 0. The van der Waals surface area contributed by atoms with E-state index in [1.54, 1.807) is 6.21 Å². The molecule has 0 bridgehead atoms. The van der Waals surface area contributed by atoms with Gasteiger partial charge in [-0.1, -0.05) is 13.0 Å². The zero-order valence-electron chi connectivity index (χ0n) is 12.2. The molecule has 0 saturated carbocycles. The summed E-state index contributed by atoms with van der Waals surface area (Å²) in [6.45, 7) is 5.93. The van der Waals surface area contributed by atoms with Crippen LogP contribution in [-0.2, 0) is 9.59 Å². The number of carbonyl (C=O) groups is 2. The summed E-state index contributed by atoms with van der Waals surface area (Å²) in [6.07, 6.45) is 2.62. The van der Waals surface area contributed by atoms with Gasteiger partial charge in [0.05, 0.1) is 0 Å². The monoisotopic (exact) mass is 275 g/mol. The van der Waals surface area contributed by atoms with Gasteiger partial charge in [-0.2, -0.15) is 5.10 Å². The van der Waals surface area contributed by atoms with E-state index in [9.17, 15) is 9.59 Å². The predicted octanol–water partition coefficient (Wildman–Crippen LogP) is 2.53. The van der Waals surface area contributed by atoms with E-state index in [0.29, 0.717) is 0 Å². The molecule has 0 saturated heterocycles. The van der Waals surface area contributed by atoms with Crippen molar-refractivity contribution >= 4 is 23.7 Å². The Balaban J connectivity index is 2.38. The topological polar surface area (TPSA) is 70.6 Å². The van der Waals surface area contributed by atoms with Gasteiger partial charge in [-0.15, -0.1) is 0 Å². The molecule has 0 fully saturated rings. The van der Waals surface area contributed by atoms with Crippen LogP contribution in [0.25, 0.3) is 0 Å². The maximum Gasteiger partial charge on any atom is 0.240 e. The molecule has 0 heterocycles. The van der Waals surface area contributed by atoms with Crippen LogP contribution in [0.15, 0.2) is 23.3 Å². The van der Waals surface area contributed by atoms with Gasteiger partial charge in [0.25, 0.3) is 0 Å². The van der Waals surface area contributed by atoms with Crippen LogP contribution in [0, 0.1) is 13.8 Å². The van der Waals surface area contributed by atoms with Crippen LogP contribution in [0.3, 0.4) is 0 Å². The Bertz CT molecular complexity index is 510. The van der Waals surface area contributed by atoms with Crippen molar-refractivity contribution in [3.8, 4) is 0 Å². The summed E-state index contributed by atoms with van der Waals surface area (Å²) in [5, 5.41) is 6.49. The second-order valence-corrected chi connectivity index (χ2v) is 4.60. The number of nitrogens with one attached hydrogen (secondary N) is 2. The summed E-state index contributed by atoms with van der Waals surface area (Å²) in [5.41, 5.74) is 5.42. The molecule has 0 radical (unpaired) electrons. The van der Waals surface area contributed by atoms with Gasteiger partial charge in [-0.25, -0.2) is 5.43 Å². The molecule has 0 aliphatic rings. The van der Waals surface area contributed by atoms with Crippen molar-refractivity contribution in [1.29, 1.82) is 0 Å². The fourth-order valence-corrected chi connectivity index (χ4v) is 1.53. The molecule has 0 spiro atoms. The summed E-state index contributed by atoms with van der Waals surface area (Å²) in [6, 6.07) is 5.72. The lowest BCUT2D eigenvalue weighted by molar-refractivity contribution is -0.124. The molecule has 0 aliphatic heterocycles. The van der Waals surface area contributed by atoms with Crippen molar-refractivity contribution in [2.75, 3.05) is 5.32 Å². The number of aryl methyl sites for hydroxylation is 2. The van der Waals surface area contributed by atoms with Gasteiger partial charge in [0, 0.05) is 24.7 Å². The number of hydrazone groups is 1. The maximum absolute atomic E-state index is 11.7. The Morgan fingerprint density at radius 1 is 1.15 bits per heavy atom. The van der Waals surface area contributed by atoms with E-state index in [2.05, 4.69) is 15.8 Å². The van der Waals surface area contributed by atoms with Gasteiger partial charge < -0.3 is 5.32 Å². The molecule has 1 aromatic carbocycles. The quantitative estimate of drug-likeness (QED) is 0.618. The van der Waals surface area contributed by atoms with Crippen molar-refractivity contribution in [1.82, 2.24) is 5.43 Å². The van der Waals surface area contributed by atoms with Crippen molar-refractivity contribution in [3.63, 3.8) is 0 Å². The molecule has 0 aromatic heterocycles. The molecule has 5 heteroatoms. The van der Waals surface area contributed by atoms with Crippen LogP contribution < -0.4 is 10.7 Å². The third kappa shape index (κ3) is 5.65. The minimum Gasteiger partial charge on any atom is -0.326 e. The zero-order chi connectivity index (χ0) is 15.0. The fraction of sp³-hybridized carbons (Fsp3) is 0.400. The second-order valence-electron chi connectivity index (χ2n) is 4.60. The predicted molar refractivity (Wildman–Crippen MR) is 80.7 cm³/mol. The lowest BCUT2D eigenvalue weighted by Gasteiger charge is -2.07. The number of amides is 2. The summed E-state index contributed by atoms with van der Waals surface area (Å²) >= 11 is 0. The van der Waals surface area contributed by atoms with Crippen LogP contribution in [0.4, 0.5) is 5.69 Å². The molecule has 20 heavy (non-hydrogen) atoms. The lowest BCUT2D eigenvalue weighted by atomic mass is 10.1. The van der Waals surface area contributed by atoms with Gasteiger partial charge in [0.15, 0.2) is 0 Å². The summed E-state index contributed by atoms with van der Waals surface area (Å²) in [5.74, 6) is -0.437. The minimum absolute atomic E-state index is 0.123. The first-order chi connectivity index (χ1) is 9.52. The zero-order valence-corrected chi connectivity index (χ0v) is 12.2. The molecule has 108 valence electrons. The number of nitrogens with zero attached hydrogens (tertiary/aromatic N) is 1. The normalized spacial score (nSPS) is 10.6. The lowest BCUT2D eigenvalue weighted by Crippen LogP contribution is -2.20. The van der Waals surface area contributed by atoms with E-state index >= 15 is 0 Å². The van der Waals surface area contributed by atoms with Gasteiger partial charge in [-0.3, -0.25) is 9.59 Å². The molecule has 1 rings (SSSR count). The van der Waals surface area contributed by atoms with Crippen LogP contribution in [0.5, 0.6) is 0 Å². The first-order valence-electron chi connectivity index (χ1n) is 6.70. The van der Waals surface area contributed by atoms with Crippen LogP contribution in [0.2, 0.25) is 0 Å². The second kappa shape index (κ2) is 8.09. The average Bonchev–Trinajstić information content (AvgIpc) is 2.41. The molecule has 2 amide bonds. The number of anilines is 1. The first-order valence-corrected chi connectivity index (χ1v) is 6.70. The summed E-state index contributed by atoms with van der Waals surface area (Å²) in [4.78, 5) is 23.1. The highest BCUT2D eigenvalue weighted by Gasteiger charge is 2.07. The first kappa shape index (κ1) is 15.9. The van der Waals surface area contributed by atoms with E-state index in [-0.39, 0.29) is 24.7 Å². The smallest absolute Gasteiger partial charge is 0.240 e. The Labute approximate surface area is 119 Å². The van der Waals surface area contributed by atoms with Gasteiger partial charge >= 0.3 is 0 Å². The SMILES string of the molecule is CC/C=N/NC(=O)CCC(=O)Nc1ccc(C)c(C)c1. The van der Waals surface area contributed by atoms with Crippen molar-refractivity contribution in [3.05, 3.63) is 29.3 Å². The van der Waals surface area contributed by atoms with E-state index in [1.807, 2.05) is 39.0 Å². The largest absolute Gasteiger partial charge is 0.326 e. The highest BCUT2D eigenvalue weighted by molar-refractivity contribution is 5.93. The van der Waals surface area contributed by atoms with Crippen LogP contribution in [0.1, 0.15) is 37.3 Å². The Kier molecular flexibility index (Phi) is 6.43. The van der Waals surface area contributed by atoms with Crippen LogP contribution in [-0.4, -0.2) is 18.0 Å².